The summed E-state index contributed by atoms with van der Waals surface area (Å²) in [6.45, 7) is 1.55. The molecule has 4 rings (SSSR count). The smallest absolute Gasteiger partial charge is 0.319 e. The minimum absolute atomic E-state index is 0.326. The molecule has 1 saturated heterocycles. The number of anilines is 1. The van der Waals surface area contributed by atoms with Gasteiger partial charge in [0, 0.05) is 11.1 Å². The molecule has 0 saturated carbocycles. The average Bonchev–Trinajstić information content (AvgIpc) is 3.22. The maximum atomic E-state index is 12.9. The van der Waals surface area contributed by atoms with Crippen molar-refractivity contribution in [3.8, 4) is 0 Å². The van der Waals surface area contributed by atoms with Crippen molar-refractivity contribution in [3.63, 3.8) is 0 Å². The Bertz CT molecular complexity index is 894. The topological polar surface area (TPSA) is 91.4 Å². The van der Waals surface area contributed by atoms with Gasteiger partial charge in [-0.3, -0.25) is 14.5 Å². The van der Waals surface area contributed by atoms with Gasteiger partial charge in [0.1, 0.15) is 12.1 Å². The second kappa shape index (κ2) is 5.66. The largest absolute Gasteiger partial charge is 0.325 e. The van der Waals surface area contributed by atoms with Gasteiger partial charge in [-0.2, -0.15) is 0 Å². The summed E-state index contributed by atoms with van der Waals surface area (Å²) in [6.07, 6.45) is 2.89. The summed E-state index contributed by atoms with van der Waals surface area (Å²) in [5.41, 5.74) is 0.846. The third kappa shape index (κ3) is 2.49. The molecule has 0 bridgehead atoms. The van der Waals surface area contributed by atoms with Gasteiger partial charge in [0.05, 0.1) is 0 Å². The summed E-state index contributed by atoms with van der Waals surface area (Å²) in [5, 5.41) is 5.88. The molecule has 1 aromatic carbocycles. The molecule has 1 spiro atoms. The molecule has 128 valence electrons. The number of thiazole rings is 1. The molecule has 0 radical (unpaired) electrons. The Balaban J connectivity index is 1.53. The molecule has 2 N–H and O–H groups in total. The Labute approximate surface area is 148 Å². The molecule has 1 aliphatic carbocycles. The van der Waals surface area contributed by atoms with Crippen LogP contribution in [0.4, 0.5) is 9.93 Å². The third-order valence-corrected chi connectivity index (χ3v) is 5.42. The molecular formula is C17H16N4O3S. The quantitative estimate of drug-likeness (QED) is 0.820. The number of fused-ring (bicyclic) bond motifs is 2. The molecule has 1 aromatic heterocycles. The van der Waals surface area contributed by atoms with Gasteiger partial charge in [-0.1, -0.05) is 24.3 Å². The molecule has 1 fully saturated rings. The highest BCUT2D eigenvalue weighted by Gasteiger charge is 2.55. The summed E-state index contributed by atoms with van der Waals surface area (Å²) in [4.78, 5) is 43.5. The molecule has 1 unspecified atom stereocenters. The molecule has 2 heterocycles. The zero-order chi connectivity index (χ0) is 17.6. The third-order valence-electron chi connectivity index (χ3n) is 4.59. The van der Waals surface area contributed by atoms with Gasteiger partial charge in [-0.25, -0.2) is 9.78 Å². The first-order chi connectivity index (χ1) is 12.0. The van der Waals surface area contributed by atoms with Crippen molar-refractivity contribution in [1.82, 2.24) is 15.2 Å². The first kappa shape index (κ1) is 15.8. The number of amides is 4. The van der Waals surface area contributed by atoms with Gasteiger partial charge >= 0.3 is 6.03 Å². The zero-order valence-corrected chi connectivity index (χ0v) is 14.4. The van der Waals surface area contributed by atoms with E-state index in [4.69, 9.17) is 0 Å². The molecule has 2 aliphatic rings. The predicted molar refractivity (Wildman–Crippen MR) is 92.2 cm³/mol. The van der Waals surface area contributed by atoms with E-state index in [2.05, 4.69) is 15.6 Å². The Morgan fingerprint density at radius 2 is 2.20 bits per heavy atom. The van der Waals surface area contributed by atoms with Crippen molar-refractivity contribution in [2.24, 2.45) is 0 Å². The van der Waals surface area contributed by atoms with E-state index in [1.54, 1.807) is 6.20 Å². The van der Waals surface area contributed by atoms with Crippen molar-refractivity contribution in [3.05, 3.63) is 46.5 Å². The van der Waals surface area contributed by atoms with Gasteiger partial charge in [0.2, 0.25) is 5.91 Å². The number of hydrogen-bond donors (Lipinski definition) is 2. The highest BCUT2D eigenvalue weighted by atomic mass is 32.1. The minimum atomic E-state index is -1.04. The van der Waals surface area contributed by atoms with Crippen LogP contribution in [-0.4, -0.2) is 34.3 Å². The van der Waals surface area contributed by atoms with Gasteiger partial charge in [0.25, 0.3) is 5.91 Å². The first-order valence-electron chi connectivity index (χ1n) is 7.94. The van der Waals surface area contributed by atoms with Crippen LogP contribution in [0.15, 0.2) is 30.5 Å². The van der Waals surface area contributed by atoms with Crippen molar-refractivity contribution < 1.29 is 14.4 Å². The van der Waals surface area contributed by atoms with Gasteiger partial charge in [-0.05, 0) is 30.9 Å². The number of carbonyl (C=O) groups excluding carboxylic acids is 3. The average molecular weight is 356 g/mol. The normalized spacial score (nSPS) is 21.6. The number of imide groups is 1. The maximum Gasteiger partial charge on any atom is 0.325 e. The number of nitrogens with zero attached hydrogens (tertiary/aromatic N) is 2. The molecule has 4 amide bonds. The zero-order valence-electron chi connectivity index (χ0n) is 13.5. The molecule has 8 heteroatoms. The fraction of sp³-hybridized carbons (Fsp3) is 0.294. The van der Waals surface area contributed by atoms with E-state index in [-0.39, 0.29) is 12.5 Å². The lowest BCUT2D eigenvalue weighted by Crippen LogP contribution is -2.42. The van der Waals surface area contributed by atoms with Gasteiger partial charge in [0.15, 0.2) is 5.13 Å². The first-order valence-corrected chi connectivity index (χ1v) is 8.76. The van der Waals surface area contributed by atoms with Gasteiger partial charge in [-0.15, -0.1) is 11.3 Å². The lowest BCUT2D eigenvalue weighted by atomic mass is 9.92. The Morgan fingerprint density at radius 1 is 1.40 bits per heavy atom. The Kier molecular flexibility index (Phi) is 3.57. The highest BCUT2D eigenvalue weighted by Crippen LogP contribution is 2.41. The van der Waals surface area contributed by atoms with Crippen LogP contribution in [-0.2, 0) is 21.5 Å². The van der Waals surface area contributed by atoms with Crippen LogP contribution >= 0.6 is 11.3 Å². The number of aryl methyl sites for hydroxylation is 2. The number of rotatable bonds is 3. The fourth-order valence-electron chi connectivity index (χ4n) is 3.45. The lowest BCUT2D eigenvalue weighted by Gasteiger charge is -2.22. The molecule has 1 atom stereocenters. The number of hydrogen-bond acceptors (Lipinski definition) is 5. The van der Waals surface area contributed by atoms with Gasteiger partial charge < -0.3 is 10.6 Å². The van der Waals surface area contributed by atoms with Crippen LogP contribution < -0.4 is 10.6 Å². The SMILES string of the molecule is Cc1cnc(NC(=O)CN2C(=O)NC3(CCc4ccccc43)C2=O)s1. The number of nitrogens with one attached hydrogen (secondary N) is 2. The standard InChI is InChI=1S/C17H16N4O3S/c1-10-8-18-15(25-10)19-13(22)9-21-14(23)17(20-16(21)24)7-6-11-4-2-3-5-12(11)17/h2-5,8H,6-7,9H2,1H3,(H,20,24)(H,18,19,22). The second-order valence-electron chi connectivity index (χ2n) is 6.21. The minimum Gasteiger partial charge on any atom is -0.319 e. The summed E-state index contributed by atoms with van der Waals surface area (Å²) >= 11 is 1.34. The summed E-state index contributed by atoms with van der Waals surface area (Å²) in [6, 6.07) is 7.06. The number of carbonyl (C=O) groups is 3. The molecule has 7 nitrogen and oxygen atoms in total. The molecule has 1 aliphatic heterocycles. The number of benzene rings is 1. The summed E-state index contributed by atoms with van der Waals surface area (Å²) in [7, 11) is 0. The van der Waals surface area contributed by atoms with Crippen molar-refractivity contribution in [2.45, 2.75) is 25.3 Å². The van der Waals surface area contributed by atoms with Crippen LogP contribution in [0.5, 0.6) is 0 Å². The second-order valence-corrected chi connectivity index (χ2v) is 7.44. The van der Waals surface area contributed by atoms with E-state index in [0.717, 1.165) is 27.3 Å². The van der Waals surface area contributed by atoms with Crippen LogP contribution in [0.2, 0.25) is 0 Å². The van der Waals surface area contributed by atoms with E-state index in [1.165, 1.54) is 11.3 Å². The lowest BCUT2D eigenvalue weighted by molar-refractivity contribution is -0.134. The van der Waals surface area contributed by atoms with E-state index in [1.807, 2.05) is 31.2 Å². The van der Waals surface area contributed by atoms with Crippen LogP contribution in [0.1, 0.15) is 22.4 Å². The van der Waals surface area contributed by atoms with E-state index in [0.29, 0.717) is 11.6 Å². The predicted octanol–water partition coefficient (Wildman–Crippen LogP) is 1.78. The molecular weight excluding hydrogens is 340 g/mol. The number of urea groups is 1. The Hall–Kier alpha value is -2.74. The molecule has 25 heavy (non-hydrogen) atoms. The highest BCUT2D eigenvalue weighted by molar-refractivity contribution is 7.15. The number of aromatic nitrogens is 1. The maximum absolute atomic E-state index is 12.9. The van der Waals surface area contributed by atoms with Crippen LogP contribution in [0, 0.1) is 6.92 Å². The fourth-order valence-corrected chi connectivity index (χ4v) is 4.13. The van der Waals surface area contributed by atoms with Crippen molar-refractivity contribution in [1.29, 1.82) is 0 Å². The monoisotopic (exact) mass is 356 g/mol. The molecule has 2 aromatic rings. The van der Waals surface area contributed by atoms with E-state index < -0.39 is 17.5 Å². The summed E-state index contributed by atoms with van der Waals surface area (Å²) < 4.78 is 0. The van der Waals surface area contributed by atoms with Crippen molar-refractivity contribution >= 4 is 34.3 Å². The van der Waals surface area contributed by atoms with Crippen molar-refractivity contribution in [2.75, 3.05) is 11.9 Å². The van der Waals surface area contributed by atoms with E-state index >= 15 is 0 Å². The Morgan fingerprint density at radius 3 is 2.96 bits per heavy atom. The van der Waals surface area contributed by atoms with E-state index in [9.17, 15) is 14.4 Å². The van der Waals surface area contributed by atoms with Crippen LogP contribution in [0.3, 0.4) is 0 Å². The summed E-state index contributed by atoms with van der Waals surface area (Å²) in [5.74, 6) is -0.811. The van der Waals surface area contributed by atoms with Crippen LogP contribution in [0.25, 0.3) is 0 Å².